The van der Waals surface area contributed by atoms with Crippen LogP contribution in [0.2, 0.25) is 0 Å². The average molecular weight is 259 g/mol. The zero-order valence-corrected chi connectivity index (χ0v) is 10.6. The molecule has 0 bridgehead atoms. The fourth-order valence-electron chi connectivity index (χ4n) is 2.65. The van der Waals surface area contributed by atoms with E-state index in [2.05, 4.69) is 15.3 Å². The van der Waals surface area contributed by atoms with Crippen molar-refractivity contribution in [3.05, 3.63) is 11.1 Å². The normalized spacial score (nSPS) is 29.4. The molecule has 3 nitrogen and oxygen atoms in total. The summed E-state index contributed by atoms with van der Waals surface area (Å²) >= 11 is 7.50. The maximum absolute atomic E-state index is 5.80. The van der Waals surface area contributed by atoms with Gasteiger partial charge in [-0.15, -0.1) is 22.9 Å². The molecular formula is C11H15ClN2OS. The van der Waals surface area contributed by atoms with Crippen LogP contribution in [0.4, 0.5) is 5.13 Å². The van der Waals surface area contributed by atoms with Crippen molar-refractivity contribution in [2.24, 2.45) is 0 Å². The van der Waals surface area contributed by atoms with Crippen molar-refractivity contribution < 1.29 is 4.74 Å². The Balaban J connectivity index is 1.82. The monoisotopic (exact) mass is 258 g/mol. The van der Waals surface area contributed by atoms with E-state index in [0.29, 0.717) is 18.0 Å². The molecule has 1 aliphatic heterocycles. The molecule has 2 atom stereocenters. The number of halogens is 1. The lowest BCUT2D eigenvalue weighted by atomic mass is 10.1. The maximum Gasteiger partial charge on any atom is 0.185 e. The third kappa shape index (κ3) is 1.83. The molecule has 0 aromatic carbocycles. The van der Waals surface area contributed by atoms with Gasteiger partial charge < -0.3 is 9.64 Å². The highest BCUT2D eigenvalue weighted by Gasteiger charge is 2.37. The number of ether oxygens (including phenoxy) is 1. The summed E-state index contributed by atoms with van der Waals surface area (Å²) in [4.78, 5) is 6.99. The Morgan fingerprint density at radius 3 is 3.31 bits per heavy atom. The van der Waals surface area contributed by atoms with Crippen LogP contribution in [0.15, 0.2) is 5.38 Å². The van der Waals surface area contributed by atoms with E-state index >= 15 is 0 Å². The third-order valence-electron chi connectivity index (χ3n) is 3.40. The molecule has 1 saturated carbocycles. The van der Waals surface area contributed by atoms with E-state index in [1.807, 2.05) is 0 Å². The van der Waals surface area contributed by atoms with Gasteiger partial charge in [0.05, 0.1) is 30.3 Å². The number of nitrogens with zero attached hydrogens (tertiary/aromatic N) is 2. The number of hydrogen-bond donors (Lipinski definition) is 0. The van der Waals surface area contributed by atoms with Gasteiger partial charge in [-0.05, 0) is 19.3 Å². The molecule has 2 unspecified atom stereocenters. The molecule has 1 aromatic rings. The van der Waals surface area contributed by atoms with Crippen molar-refractivity contribution in [2.75, 3.05) is 18.1 Å². The standard InChI is InChI=1S/C11H15ClN2OS/c12-6-8-7-16-11(13-8)14-4-5-15-10-3-1-2-9(10)14/h7,9-10H,1-6H2. The zero-order chi connectivity index (χ0) is 11.0. The summed E-state index contributed by atoms with van der Waals surface area (Å²) in [5.41, 5.74) is 0.989. The highest BCUT2D eigenvalue weighted by molar-refractivity contribution is 7.13. The van der Waals surface area contributed by atoms with Crippen molar-refractivity contribution in [1.29, 1.82) is 0 Å². The summed E-state index contributed by atoms with van der Waals surface area (Å²) < 4.78 is 5.80. The highest BCUT2D eigenvalue weighted by atomic mass is 35.5. The molecular weight excluding hydrogens is 244 g/mol. The van der Waals surface area contributed by atoms with Crippen molar-refractivity contribution in [1.82, 2.24) is 4.98 Å². The molecule has 0 amide bonds. The first-order valence-electron chi connectivity index (χ1n) is 5.77. The second kappa shape index (κ2) is 4.51. The van der Waals surface area contributed by atoms with E-state index in [0.717, 1.165) is 24.0 Å². The van der Waals surface area contributed by atoms with Crippen LogP contribution < -0.4 is 4.90 Å². The van der Waals surface area contributed by atoms with Crippen LogP contribution in [0, 0.1) is 0 Å². The molecule has 2 aliphatic rings. The predicted molar refractivity (Wildman–Crippen MR) is 66.4 cm³/mol. The average Bonchev–Trinajstić information content (AvgIpc) is 2.97. The van der Waals surface area contributed by atoms with Crippen LogP contribution in [0.5, 0.6) is 0 Å². The topological polar surface area (TPSA) is 25.4 Å². The summed E-state index contributed by atoms with van der Waals surface area (Å²) in [5.74, 6) is 0.509. The first-order chi connectivity index (χ1) is 7.88. The Morgan fingerprint density at radius 2 is 2.50 bits per heavy atom. The van der Waals surface area contributed by atoms with Crippen molar-refractivity contribution in [3.63, 3.8) is 0 Å². The molecule has 2 fully saturated rings. The van der Waals surface area contributed by atoms with Crippen LogP contribution in [0.25, 0.3) is 0 Å². The van der Waals surface area contributed by atoms with E-state index in [1.54, 1.807) is 11.3 Å². The summed E-state index contributed by atoms with van der Waals surface area (Å²) in [6.45, 7) is 1.80. The Labute approximate surface area is 104 Å². The Kier molecular flexibility index (Phi) is 3.05. The van der Waals surface area contributed by atoms with Crippen LogP contribution in [-0.4, -0.2) is 30.3 Å². The SMILES string of the molecule is ClCc1csc(N2CCOC3CCCC32)n1. The molecule has 1 aromatic heterocycles. The fraction of sp³-hybridized carbons (Fsp3) is 0.727. The number of rotatable bonds is 2. The molecule has 16 heavy (non-hydrogen) atoms. The number of thiazole rings is 1. The van der Waals surface area contributed by atoms with Crippen LogP contribution >= 0.6 is 22.9 Å². The van der Waals surface area contributed by atoms with Crippen molar-refractivity contribution in [3.8, 4) is 0 Å². The van der Waals surface area contributed by atoms with Crippen LogP contribution in [0.1, 0.15) is 25.0 Å². The van der Waals surface area contributed by atoms with Gasteiger partial charge in [0.2, 0.25) is 0 Å². The van der Waals surface area contributed by atoms with Gasteiger partial charge in [-0.25, -0.2) is 4.98 Å². The van der Waals surface area contributed by atoms with Gasteiger partial charge in [0.25, 0.3) is 0 Å². The Morgan fingerprint density at radius 1 is 1.56 bits per heavy atom. The third-order valence-corrected chi connectivity index (χ3v) is 4.60. The minimum atomic E-state index is 0.428. The van der Waals surface area contributed by atoms with E-state index in [9.17, 15) is 0 Å². The van der Waals surface area contributed by atoms with Crippen LogP contribution in [0.3, 0.4) is 0 Å². The Bertz CT molecular complexity index is 371. The van der Waals surface area contributed by atoms with Crippen molar-refractivity contribution in [2.45, 2.75) is 37.3 Å². The van der Waals surface area contributed by atoms with E-state index < -0.39 is 0 Å². The first kappa shape index (κ1) is 10.8. The number of morpholine rings is 1. The largest absolute Gasteiger partial charge is 0.374 e. The van der Waals surface area contributed by atoms with E-state index in [-0.39, 0.29) is 0 Å². The molecule has 5 heteroatoms. The maximum atomic E-state index is 5.80. The van der Waals surface area contributed by atoms with Gasteiger partial charge in [-0.3, -0.25) is 0 Å². The highest BCUT2D eigenvalue weighted by Crippen LogP contribution is 2.34. The number of anilines is 1. The lowest BCUT2D eigenvalue weighted by molar-refractivity contribution is 0.0256. The number of hydrogen-bond acceptors (Lipinski definition) is 4. The summed E-state index contributed by atoms with van der Waals surface area (Å²) in [6, 6.07) is 0.545. The molecule has 0 radical (unpaired) electrons. The lowest BCUT2D eigenvalue weighted by Crippen LogP contribution is -2.48. The summed E-state index contributed by atoms with van der Waals surface area (Å²) in [6.07, 6.45) is 4.15. The number of aromatic nitrogens is 1. The fourth-order valence-corrected chi connectivity index (χ4v) is 3.79. The Hall–Kier alpha value is -0.320. The quantitative estimate of drug-likeness (QED) is 0.763. The smallest absolute Gasteiger partial charge is 0.185 e. The van der Waals surface area contributed by atoms with Gasteiger partial charge >= 0.3 is 0 Å². The number of alkyl halides is 1. The molecule has 3 rings (SSSR count). The van der Waals surface area contributed by atoms with E-state index in [1.165, 1.54) is 19.3 Å². The summed E-state index contributed by atoms with van der Waals surface area (Å²) in [7, 11) is 0. The number of fused-ring (bicyclic) bond motifs is 1. The van der Waals surface area contributed by atoms with Gasteiger partial charge in [-0.2, -0.15) is 0 Å². The lowest BCUT2D eigenvalue weighted by Gasteiger charge is -2.37. The molecule has 0 N–H and O–H groups in total. The minimum absolute atomic E-state index is 0.428. The van der Waals surface area contributed by atoms with Gasteiger partial charge in [0.15, 0.2) is 5.13 Å². The molecule has 2 heterocycles. The predicted octanol–water partition coefficient (Wildman–Crippen LogP) is 2.64. The van der Waals surface area contributed by atoms with Crippen molar-refractivity contribution >= 4 is 28.1 Å². The second-order valence-corrected chi connectivity index (χ2v) is 5.46. The summed E-state index contributed by atoms with van der Waals surface area (Å²) in [5, 5.41) is 3.18. The van der Waals surface area contributed by atoms with Gasteiger partial charge in [0, 0.05) is 11.9 Å². The minimum Gasteiger partial charge on any atom is -0.374 e. The van der Waals surface area contributed by atoms with Crippen LogP contribution in [-0.2, 0) is 10.6 Å². The zero-order valence-electron chi connectivity index (χ0n) is 9.06. The van der Waals surface area contributed by atoms with E-state index in [4.69, 9.17) is 16.3 Å². The first-order valence-corrected chi connectivity index (χ1v) is 7.18. The molecule has 0 spiro atoms. The molecule has 1 aliphatic carbocycles. The van der Waals surface area contributed by atoms with Gasteiger partial charge in [0.1, 0.15) is 0 Å². The van der Waals surface area contributed by atoms with Gasteiger partial charge in [-0.1, -0.05) is 0 Å². The molecule has 1 saturated heterocycles. The second-order valence-electron chi connectivity index (χ2n) is 4.36. The molecule has 88 valence electrons.